The van der Waals surface area contributed by atoms with Crippen molar-refractivity contribution in [2.45, 2.75) is 19.5 Å². The normalized spacial score (nSPS) is 18.3. The Morgan fingerprint density at radius 1 is 1.14 bits per heavy atom. The van der Waals surface area contributed by atoms with Gasteiger partial charge in [-0.2, -0.15) is 0 Å². The van der Waals surface area contributed by atoms with Gasteiger partial charge in [-0.1, -0.05) is 60.6 Å². The molecule has 0 aliphatic carbocycles. The van der Waals surface area contributed by atoms with Crippen LogP contribution in [-0.4, -0.2) is 34.2 Å². The van der Waals surface area contributed by atoms with Gasteiger partial charge in [-0.3, -0.25) is 4.79 Å². The highest BCUT2D eigenvalue weighted by Crippen LogP contribution is 2.26. The van der Waals surface area contributed by atoms with Crippen molar-refractivity contribution in [1.29, 1.82) is 5.41 Å². The van der Waals surface area contributed by atoms with Crippen molar-refractivity contribution in [1.82, 2.24) is 15.5 Å². The van der Waals surface area contributed by atoms with Gasteiger partial charge in [0.2, 0.25) is 6.17 Å². The molecule has 2 aliphatic rings. The molecule has 0 fully saturated rings. The monoisotopic (exact) mass is 465 g/mol. The fraction of sp³-hybridized carbons (Fsp3) is 0.115. The summed E-state index contributed by atoms with van der Waals surface area (Å²) >= 11 is 0. The Morgan fingerprint density at radius 2 is 1.94 bits per heavy atom. The second kappa shape index (κ2) is 9.60. The van der Waals surface area contributed by atoms with E-state index in [0.717, 1.165) is 29.3 Å². The molecule has 0 spiro atoms. The molecular weight excluding hydrogens is 442 g/mol. The van der Waals surface area contributed by atoms with E-state index in [4.69, 9.17) is 14.8 Å². The van der Waals surface area contributed by atoms with Crippen LogP contribution < -0.4 is 16.0 Å². The lowest BCUT2D eigenvalue weighted by Gasteiger charge is -2.12. The molecule has 3 heterocycles. The fourth-order valence-electron chi connectivity index (χ4n) is 3.83. The Kier molecular flexibility index (Phi) is 6.04. The summed E-state index contributed by atoms with van der Waals surface area (Å²) in [6.07, 6.45) is 6.71. The number of carbonyl (C=O) groups excluding carboxylic acids is 1. The van der Waals surface area contributed by atoms with E-state index in [2.05, 4.69) is 33.1 Å². The van der Waals surface area contributed by atoms with Crippen LogP contribution in [0, 0.1) is 5.41 Å². The topological polar surface area (TPSA) is 128 Å². The highest BCUT2D eigenvalue weighted by Gasteiger charge is 2.27. The zero-order valence-electron chi connectivity index (χ0n) is 18.9. The third kappa shape index (κ3) is 4.51. The van der Waals surface area contributed by atoms with Crippen molar-refractivity contribution in [2.24, 2.45) is 4.99 Å². The maximum Gasteiger partial charge on any atom is 0.317 e. The zero-order valence-corrected chi connectivity index (χ0v) is 18.9. The van der Waals surface area contributed by atoms with Crippen LogP contribution in [0.1, 0.15) is 30.4 Å². The number of para-hydroxylation sites is 1. The molecule has 2 aliphatic heterocycles. The van der Waals surface area contributed by atoms with Gasteiger partial charge in [0.15, 0.2) is 0 Å². The molecule has 9 heteroatoms. The maximum absolute atomic E-state index is 13.0. The molecule has 2 aromatic carbocycles. The first-order chi connectivity index (χ1) is 17.2. The van der Waals surface area contributed by atoms with Gasteiger partial charge in [0, 0.05) is 23.5 Å². The highest BCUT2D eigenvalue weighted by atomic mass is 16.4. The standard InChI is InChI=1S/C26H23N7O2/c1-2-16-12-13-28-21(14-16)19(15-27)25-32-33-26(35-25)31-23-24(34)29-20-11-7-6-10-18(20)22(30-23)17-8-4-3-5-9-17/h3-15,23,27-28H,2H2,1H3,(H,29,34)(H,31,33)/b21-19+,27-15?. The molecular formula is C26H23N7O2. The molecule has 9 nitrogen and oxygen atoms in total. The lowest BCUT2D eigenvalue weighted by molar-refractivity contribution is -0.116. The molecule has 0 saturated heterocycles. The predicted molar refractivity (Wildman–Crippen MR) is 135 cm³/mol. The van der Waals surface area contributed by atoms with Crippen molar-refractivity contribution in [3.8, 4) is 0 Å². The SMILES string of the molecule is CCC1=C/C(=C(/C=N)c2nnc(NC3N=C(c4ccccc4)c4ccccc4NC3=O)o2)NC=C1. The van der Waals surface area contributed by atoms with Gasteiger partial charge >= 0.3 is 6.01 Å². The number of amides is 1. The number of hydrogen-bond acceptors (Lipinski definition) is 8. The number of anilines is 2. The number of rotatable bonds is 6. The van der Waals surface area contributed by atoms with Gasteiger partial charge in [0.1, 0.15) is 0 Å². The number of aromatic nitrogens is 2. The number of benzodiazepines with no additional fused rings is 1. The number of benzene rings is 2. The van der Waals surface area contributed by atoms with Gasteiger partial charge in [-0.25, -0.2) is 4.99 Å². The summed E-state index contributed by atoms with van der Waals surface area (Å²) in [5.74, 6) is -0.208. The Hall–Kier alpha value is -4.79. The number of aliphatic imine (C=N–C) groups is 1. The number of nitrogens with zero attached hydrogens (tertiary/aromatic N) is 3. The van der Waals surface area contributed by atoms with Crippen molar-refractivity contribution in [3.05, 3.63) is 101 Å². The van der Waals surface area contributed by atoms with Gasteiger partial charge in [0.05, 0.1) is 22.7 Å². The maximum atomic E-state index is 13.0. The minimum atomic E-state index is -1.01. The number of allylic oxidation sites excluding steroid dienone is 4. The van der Waals surface area contributed by atoms with Gasteiger partial charge in [-0.05, 0) is 30.2 Å². The molecule has 35 heavy (non-hydrogen) atoms. The molecule has 1 amide bonds. The van der Waals surface area contributed by atoms with E-state index >= 15 is 0 Å². The molecule has 0 radical (unpaired) electrons. The largest absolute Gasteiger partial charge is 0.403 e. The third-order valence-electron chi connectivity index (χ3n) is 5.62. The van der Waals surface area contributed by atoms with E-state index in [1.807, 2.05) is 66.7 Å². The molecule has 0 saturated carbocycles. The average Bonchev–Trinajstić information content (AvgIpc) is 3.30. The predicted octanol–water partition coefficient (Wildman–Crippen LogP) is 4.11. The molecule has 1 atom stereocenters. The minimum Gasteiger partial charge on any atom is -0.403 e. The van der Waals surface area contributed by atoms with E-state index in [9.17, 15) is 4.79 Å². The van der Waals surface area contributed by atoms with E-state index in [-0.39, 0.29) is 17.8 Å². The van der Waals surface area contributed by atoms with Crippen LogP contribution in [-0.2, 0) is 4.79 Å². The second-order valence-corrected chi connectivity index (χ2v) is 7.86. The average molecular weight is 466 g/mol. The Bertz CT molecular complexity index is 1400. The molecule has 3 aromatic rings. The van der Waals surface area contributed by atoms with Crippen LogP contribution >= 0.6 is 0 Å². The summed E-state index contributed by atoms with van der Waals surface area (Å²) in [6, 6.07) is 17.2. The fourth-order valence-corrected chi connectivity index (χ4v) is 3.83. The zero-order chi connectivity index (χ0) is 24.2. The highest BCUT2D eigenvalue weighted by molar-refractivity contribution is 6.19. The van der Waals surface area contributed by atoms with Crippen LogP contribution in [0.15, 0.2) is 93.6 Å². The van der Waals surface area contributed by atoms with Crippen molar-refractivity contribution in [3.63, 3.8) is 0 Å². The first kappa shape index (κ1) is 22.0. The Balaban J connectivity index is 1.48. The Morgan fingerprint density at radius 3 is 2.74 bits per heavy atom. The first-order valence-corrected chi connectivity index (χ1v) is 11.2. The first-order valence-electron chi connectivity index (χ1n) is 11.2. The summed E-state index contributed by atoms with van der Waals surface area (Å²) in [7, 11) is 0. The summed E-state index contributed by atoms with van der Waals surface area (Å²) in [5, 5.41) is 25.0. The number of dihydropyridines is 1. The van der Waals surface area contributed by atoms with Crippen molar-refractivity contribution >= 4 is 35.1 Å². The second-order valence-electron chi connectivity index (χ2n) is 7.86. The molecule has 0 bridgehead atoms. The van der Waals surface area contributed by atoms with E-state index in [1.165, 1.54) is 0 Å². The van der Waals surface area contributed by atoms with Gasteiger partial charge < -0.3 is 25.8 Å². The summed E-state index contributed by atoms with van der Waals surface area (Å²) in [4.78, 5) is 17.8. The summed E-state index contributed by atoms with van der Waals surface area (Å²) < 4.78 is 5.78. The Labute approximate surface area is 201 Å². The van der Waals surface area contributed by atoms with Crippen LogP contribution in [0.25, 0.3) is 5.57 Å². The summed E-state index contributed by atoms with van der Waals surface area (Å²) in [6.45, 7) is 2.05. The van der Waals surface area contributed by atoms with Gasteiger partial charge in [-0.15, -0.1) is 5.10 Å². The summed E-state index contributed by atoms with van der Waals surface area (Å²) in [5.41, 5.74) is 5.24. The van der Waals surface area contributed by atoms with Crippen molar-refractivity contribution < 1.29 is 9.21 Å². The number of hydrogen-bond donors (Lipinski definition) is 4. The smallest absolute Gasteiger partial charge is 0.317 e. The number of carbonyl (C=O) groups is 1. The van der Waals surface area contributed by atoms with E-state index < -0.39 is 6.17 Å². The molecule has 1 aromatic heterocycles. The van der Waals surface area contributed by atoms with Crippen LogP contribution in [0.3, 0.4) is 0 Å². The third-order valence-corrected chi connectivity index (χ3v) is 5.62. The number of fused-ring (bicyclic) bond motifs is 1. The minimum absolute atomic E-state index is 0.0215. The van der Waals surface area contributed by atoms with Crippen LogP contribution in [0.4, 0.5) is 11.7 Å². The van der Waals surface area contributed by atoms with Gasteiger partial charge in [0.25, 0.3) is 11.8 Å². The van der Waals surface area contributed by atoms with Crippen LogP contribution in [0.2, 0.25) is 0 Å². The molecule has 5 rings (SSSR count). The van der Waals surface area contributed by atoms with Crippen LogP contribution in [0.5, 0.6) is 0 Å². The lowest BCUT2D eigenvalue weighted by atomic mass is 10.0. The molecule has 4 N–H and O–H groups in total. The lowest BCUT2D eigenvalue weighted by Crippen LogP contribution is -2.32. The number of nitrogens with one attached hydrogen (secondary N) is 4. The van der Waals surface area contributed by atoms with E-state index in [1.54, 1.807) is 6.20 Å². The van der Waals surface area contributed by atoms with Crippen molar-refractivity contribution in [2.75, 3.05) is 10.6 Å². The molecule has 174 valence electrons. The quantitative estimate of drug-likeness (QED) is 0.406. The van der Waals surface area contributed by atoms with E-state index in [0.29, 0.717) is 22.7 Å². The molecule has 1 unspecified atom stereocenters.